The fourth-order valence-electron chi connectivity index (χ4n) is 3.89. The number of carbonyl (C=O) groups is 1. The molecule has 0 amide bonds. The third-order valence-electron chi connectivity index (χ3n) is 5.99. The van der Waals surface area contributed by atoms with Crippen LogP contribution in [0.3, 0.4) is 0 Å². The molecule has 2 atom stereocenters. The molecule has 0 saturated carbocycles. The standard InChI is InChI=1S/C29H33ClFNO5/c1-18-9-10-20(13-26(18)31)15-29(3,4)32-16-21(33)17-36-19(2)23-7-5-6-8-27(23)37-22-11-12-24(28(34)35)25(30)14-22/h5-14,19,21,32-33H,15-17H2,1-4H3,(H,34,35)/t19?,21-/m1/s1. The largest absolute Gasteiger partial charge is 0.478 e. The predicted molar refractivity (Wildman–Crippen MR) is 142 cm³/mol. The van der Waals surface area contributed by atoms with Crippen LogP contribution in [0.2, 0.25) is 5.02 Å². The van der Waals surface area contributed by atoms with Crippen LogP contribution in [0.25, 0.3) is 0 Å². The minimum atomic E-state index is -1.11. The van der Waals surface area contributed by atoms with Crippen molar-refractivity contribution in [3.8, 4) is 11.5 Å². The molecule has 198 valence electrons. The summed E-state index contributed by atoms with van der Waals surface area (Å²) in [6.07, 6.45) is -0.536. The van der Waals surface area contributed by atoms with Gasteiger partial charge in [0, 0.05) is 23.7 Å². The Balaban J connectivity index is 1.55. The molecule has 3 aromatic carbocycles. The molecule has 0 aliphatic heterocycles. The van der Waals surface area contributed by atoms with Crippen molar-refractivity contribution in [3.05, 3.63) is 93.8 Å². The number of hydrogen-bond donors (Lipinski definition) is 3. The highest BCUT2D eigenvalue weighted by atomic mass is 35.5. The van der Waals surface area contributed by atoms with Crippen molar-refractivity contribution in [2.24, 2.45) is 0 Å². The first-order valence-electron chi connectivity index (χ1n) is 12.0. The van der Waals surface area contributed by atoms with Crippen molar-refractivity contribution >= 4 is 17.6 Å². The normalized spacial score (nSPS) is 13.3. The first kappa shape index (κ1) is 28.6. The fraction of sp³-hybridized carbons (Fsp3) is 0.345. The second-order valence-corrected chi connectivity index (χ2v) is 10.1. The Hall–Kier alpha value is -2.97. The van der Waals surface area contributed by atoms with Crippen LogP contribution < -0.4 is 10.1 Å². The van der Waals surface area contributed by atoms with Crippen molar-refractivity contribution in [1.29, 1.82) is 0 Å². The summed E-state index contributed by atoms with van der Waals surface area (Å²) in [6, 6.07) is 16.9. The molecule has 0 aromatic heterocycles. The van der Waals surface area contributed by atoms with Gasteiger partial charge in [-0.15, -0.1) is 0 Å². The minimum absolute atomic E-state index is 0.00388. The highest BCUT2D eigenvalue weighted by Gasteiger charge is 2.21. The zero-order valence-corrected chi connectivity index (χ0v) is 22.2. The molecule has 3 aromatic rings. The Labute approximate surface area is 222 Å². The Morgan fingerprint density at radius 2 is 1.86 bits per heavy atom. The second kappa shape index (κ2) is 12.5. The number of aliphatic hydroxyl groups excluding tert-OH is 1. The van der Waals surface area contributed by atoms with Crippen LogP contribution in [-0.2, 0) is 11.2 Å². The molecule has 3 N–H and O–H groups in total. The summed E-state index contributed by atoms with van der Waals surface area (Å²) in [7, 11) is 0. The molecule has 0 saturated heterocycles. The van der Waals surface area contributed by atoms with Gasteiger partial charge in [0.25, 0.3) is 0 Å². The molecular weight excluding hydrogens is 497 g/mol. The van der Waals surface area contributed by atoms with Crippen molar-refractivity contribution < 1.29 is 28.9 Å². The number of benzene rings is 3. The molecule has 3 rings (SSSR count). The fourth-order valence-corrected chi connectivity index (χ4v) is 4.14. The molecule has 1 unspecified atom stereocenters. The van der Waals surface area contributed by atoms with Gasteiger partial charge in [-0.25, -0.2) is 9.18 Å². The van der Waals surface area contributed by atoms with Gasteiger partial charge in [0.2, 0.25) is 0 Å². The van der Waals surface area contributed by atoms with E-state index >= 15 is 0 Å². The Bertz CT molecular complexity index is 1230. The van der Waals surface area contributed by atoms with Crippen LogP contribution in [0, 0.1) is 12.7 Å². The number of carboxylic acid groups (broad SMARTS) is 1. The van der Waals surface area contributed by atoms with E-state index in [0.717, 1.165) is 11.1 Å². The summed E-state index contributed by atoms with van der Waals surface area (Å²) in [5.41, 5.74) is 1.91. The summed E-state index contributed by atoms with van der Waals surface area (Å²) in [4.78, 5) is 11.2. The van der Waals surface area contributed by atoms with E-state index < -0.39 is 12.1 Å². The van der Waals surface area contributed by atoms with E-state index in [1.807, 2.05) is 45.0 Å². The number of halogens is 2. The second-order valence-electron chi connectivity index (χ2n) is 9.74. The Morgan fingerprint density at radius 1 is 1.14 bits per heavy atom. The van der Waals surface area contributed by atoms with Gasteiger partial charge < -0.3 is 25.0 Å². The Kier molecular flexibility index (Phi) is 9.68. The van der Waals surface area contributed by atoms with E-state index in [4.69, 9.17) is 26.2 Å². The molecule has 0 spiro atoms. The smallest absolute Gasteiger partial charge is 0.337 e. The number of hydrogen-bond acceptors (Lipinski definition) is 5. The molecule has 0 aliphatic carbocycles. The van der Waals surface area contributed by atoms with Crippen molar-refractivity contribution in [2.75, 3.05) is 13.2 Å². The number of nitrogens with one attached hydrogen (secondary N) is 1. The van der Waals surface area contributed by atoms with Gasteiger partial charge in [0.05, 0.1) is 29.4 Å². The third-order valence-corrected chi connectivity index (χ3v) is 6.31. The average Bonchev–Trinajstić information content (AvgIpc) is 2.83. The monoisotopic (exact) mass is 529 g/mol. The highest BCUT2D eigenvalue weighted by molar-refractivity contribution is 6.33. The van der Waals surface area contributed by atoms with E-state index in [2.05, 4.69) is 5.32 Å². The molecule has 0 heterocycles. The summed E-state index contributed by atoms with van der Waals surface area (Å²) in [5.74, 6) is -0.400. The van der Waals surface area contributed by atoms with Crippen LogP contribution in [0.1, 0.15) is 53.9 Å². The van der Waals surface area contributed by atoms with Crippen molar-refractivity contribution in [3.63, 3.8) is 0 Å². The number of rotatable bonds is 12. The summed E-state index contributed by atoms with van der Waals surface area (Å²) < 4.78 is 25.8. The first-order valence-corrected chi connectivity index (χ1v) is 12.4. The number of aryl methyl sites for hydroxylation is 1. The molecule has 0 radical (unpaired) electrons. The Morgan fingerprint density at radius 3 is 2.54 bits per heavy atom. The zero-order valence-electron chi connectivity index (χ0n) is 21.4. The van der Waals surface area contributed by atoms with Crippen LogP contribution in [-0.4, -0.2) is 41.0 Å². The summed E-state index contributed by atoms with van der Waals surface area (Å²) in [6.45, 7) is 8.00. The maximum Gasteiger partial charge on any atom is 0.337 e. The molecular formula is C29H33ClFNO5. The predicted octanol–water partition coefficient (Wildman–Crippen LogP) is 6.33. The summed E-state index contributed by atoms with van der Waals surface area (Å²) in [5, 5.41) is 23.1. The SMILES string of the molecule is Cc1ccc(CC(C)(C)NC[C@@H](O)COC(C)c2ccccc2Oc2ccc(C(=O)O)c(Cl)c2)cc1F. The van der Waals surface area contributed by atoms with E-state index in [0.29, 0.717) is 30.0 Å². The van der Waals surface area contributed by atoms with Crippen LogP contribution >= 0.6 is 11.6 Å². The summed E-state index contributed by atoms with van der Waals surface area (Å²) >= 11 is 6.06. The average molecular weight is 530 g/mol. The lowest BCUT2D eigenvalue weighted by Crippen LogP contribution is -2.46. The van der Waals surface area contributed by atoms with Gasteiger partial charge in [-0.05, 0) is 69.5 Å². The maximum atomic E-state index is 13.9. The quantitative estimate of drug-likeness (QED) is 0.254. The van der Waals surface area contributed by atoms with E-state index in [1.165, 1.54) is 12.1 Å². The minimum Gasteiger partial charge on any atom is -0.478 e. The number of para-hydroxylation sites is 1. The van der Waals surface area contributed by atoms with E-state index in [-0.39, 0.29) is 34.7 Å². The van der Waals surface area contributed by atoms with Gasteiger partial charge in [0.1, 0.15) is 17.3 Å². The first-order chi connectivity index (χ1) is 17.4. The van der Waals surface area contributed by atoms with Gasteiger partial charge in [-0.2, -0.15) is 0 Å². The highest BCUT2D eigenvalue weighted by Crippen LogP contribution is 2.33. The van der Waals surface area contributed by atoms with Gasteiger partial charge >= 0.3 is 5.97 Å². The molecule has 6 nitrogen and oxygen atoms in total. The van der Waals surface area contributed by atoms with E-state index in [9.17, 15) is 14.3 Å². The van der Waals surface area contributed by atoms with Gasteiger partial charge in [-0.3, -0.25) is 0 Å². The third kappa shape index (κ3) is 8.27. The van der Waals surface area contributed by atoms with Crippen LogP contribution in [0.5, 0.6) is 11.5 Å². The molecule has 0 aliphatic rings. The topological polar surface area (TPSA) is 88.0 Å². The van der Waals surface area contributed by atoms with Gasteiger partial charge in [0.15, 0.2) is 0 Å². The molecule has 37 heavy (non-hydrogen) atoms. The maximum absolute atomic E-state index is 13.9. The zero-order chi connectivity index (χ0) is 27.2. The lowest BCUT2D eigenvalue weighted by atomic mass is 9.94. The van der Waals surface area contributed by atoms with Crippen LogP contribution in [0.4, 0.5) is 4.39 Å². The molecule has 8 heteroatoms. The number of aliphatic hydroxyl groups is 1. The van der Waals surface area contributed by atoms with Crippen LogP contribution in [0.15, 0.2) is 60.7 Å². The lowest BCUT2D eigenvalue weighted by Gasteiger charge is -2.28. The van der Waals surface area contributed by atoms with E-state index in [1.54, 1.807) is 31.2 Å². The van der Waals surface area contributed by atoms with Crippen molar-refractivity contribution in [1.82, 2.24) is 5.32 Å². The number of β-amino-alcohol motifs (C(OH)–C–C–N with tert-alkyl or cyclic N) is 1. The number of aromatic carboxylic acids is 1. The van der Waals surface area contributed by atoms with Gasteiger partial charge in [-0.1, -0.05) is 41.9 Å². The lowest BCUT2D eigenvalue weighted by molar-refractivity contribution is -0.00481. The number of carboxylic acids is 1. The van der Waals surface area contributed by atoms with Crippen molar-refractivity contribution in [2.45, 2.75) is 51.9 Å². The molecule has 0 bridgehead atoms. The molecule has 0 fully saturated rings. The number of ether oxygens (including phenoxy) is 2.